The van der Waals surface area contributed by atoms with E-state index in [1.807, 2.05) is 0 Å². The summed E-state index contributed by atoms with van der Waals surface area (Å²) in [5.74, 6) is 1.19. The maximum Gasteiger partial charge on any atom is 0.134 e. The lowest BCUT2D eigenvalue weighted by atomic mass is 9.76. The molecular formula is C23H25NO. The molecular weight excluding hydrogens is 306 g/mol. The largest absolute Gasteiger partial charge is 0.458 e. The van der Waals surface area contributed by atoms with Gasteiger partial charge in [0.2, 0.25) is 0 Å². The molecule has 1 aromatic heterocycles. The molecule has 0 amide bonds. The van der Waals surface area contributed by atoms with Crippen molar-refractivity contribution in [1.82, 2.24) is 0 Å². The number of furan rings is 1. The Morgan fingerprint density at radius 3 is 2.48 bits per heavy atom. The number of para-hydroxylation sites is 2. The van der Waals surface area contributed by atoms with Gasteiger partial charge in [-0.2, -0.15) is 0 Å². The Morgan fingerprint density at radius 2 is 1.68 bits per heavy atom. The van der Waals surface area contributed by atoms with Crippen molar-refractivity contribution >= 4 is 16.7 Å². The van der Waals surface area contributed by atoms with E-state index < -0.39 is 0 Å². The van der Waals surface area contributed by atoms with Gasteiger partial charge in [-0.05, 0) is 44.4 Å². The third-order valence-electron chi connectivity index (χ3n) is 6.37. The fraction of sp³-hybridized carbons (Fsp3) is 0.391. The number of aryl methyl sites for hydroxylation is 1. The molecule has 1 aliphatic carbocycles. The molecule has 0 bridgehead atoms. The van der Waals surface area contributed by atoms with Crippen LogP contribution in [-0.2, 0) is 5.54 Å². The molecule has 1 fully saturated rings. The fourth-order valence-electron chi connectivity index (χ4n) is 5.35. The van der Waals surface area contributed by atoms with Gasteiger partial charge < -0.3 is 9.32 Å². The Hall–Kier alpha value is -2.22. The zero-order valence-corrected chi connectivity index (χ0v) is 15.1. The molecule has 1 spiro atoms. The molecule has 0 N–H and O–H groups in total. The summed E-state index contributed by atoms with van der Waals surface area (Å²) >= 11 is 0. The van der Waals surface area contributed by atoms with Crippen molar-refractivity contribution in [2.24, 2.45) is 0 Å². The molecule has 0 saturated heterocycles. The quantitative estimate of drug-likeness (QED) is 0.507. The molecule has 3 aromatic rings. The number of benzene rings is 2. The summed E-state index contributed by atoms with van der Waals surface area (Å²) in [6, 6.07) is 17.7. The van der Waals surface area contributed by atoms with Crippen molar-refractivity contribution in [1.29, 1.82) is 0 Å². The second-order valence-corrected chi connectivity index (χ2v) is 7.76. The average Bonchev–Trinajstić information content (AvgIpc) is 3.13. The summed E-state index contributed by atoms with van der Waals surface area (Å²) in [5, 5.41) is 1.32. The van der Waals surface area contributed by atoms with Crippen LogP contribution in [0.3, 0.4) is 0 Å². The third kappa shape index (κ3) is 1.97. The van der Waals surface area contributed by atoms with Crippen molar-refractivity contribution in [3.63, 3.8) is 0 Å². The summed E-state index contributed by atoms with van der Waals surface area (Å²) in [4.78, 5) is 2.68. The molecule has 2 aromatic carbocycles. The van der Waals surface area contributed by atoms with E-state index in [1.54, 1.807) is 0 Å². The molecule has 25 heavy (non-hydrogen) atoms. The van der Waals surface area contributed by atoms with Crippen molar-refractivity contribution in [3.05, 3.63) is 65.4 Å². The first-order valence-corrected chi connectivity index (χ1v) is 9.59. The lowest BCUT2D eigenvalue weighted by Crippen LogP contribution is -2.44. The van der Waals surface area contributed by atoms with Gasteiger partial charge in [0.15, 0.2) is 0 Å². The van der Waals surface area contributed by atoms with Gasteiger partial charge in [-0.15, -0.1) is 0 Å². The monoisotopic (exact) mass is 331 g/mol. The Morgan fingerprint density at radius 1 is 0.960 bits per heavy atom. The average molecular weight is 331 g/mol. The van der Waals surface area contributed by atoms with Crippen LogP contribution in [0.1, 0.15) is 62.0 Å². The zero-order chi connectivity index (χ0) is 17.0. The predicted molar refractivity (Wildman–Crippen MR) is 103 cm³/mol. The highest BCUT2D eigenvalue weighted by atomic mass is 16.3. The van der Waals surface area contributed by atoms with Crippen molar-refractivity contribution in [3.8, 4) is 0 Å². The lowest BCUT2D eigenvalue weighted by Gasteiger charge is -2.45. The highest BCUT2D eigenvalue weighted by Gasteiger charge is 2.52. The number of anilines is 1. The highest BCUT2D eigenvalue weighted by molar-refractivity contribution is 5.86. The van der Waals surface area contributed by atoms with Crippen molar-refractivity contribution in [2.75, 3.05) is 4.90 Å². The van der Waals surface area contributed by atoms with Crippen LogP contribution < -0.4 is 4.90 Å². The van der Waals surface area contributed by atoms with Crippen molar-refractivity contribution in [2.45, 2.75) is 57.5 Å². The predicted octanol–water partition coefficient (Wildman–Crippen LogP) is 6.48. The summed E-state index contributed by atoms with van der Waals surface area (Å²) in [6.07, 6.45) is 6.40. The molecule has 1 aliphatic heterocycles. The summed E-state index contributed by atoms with van der Waals surface area (Å²) < 4.78 is 6.40. The first-order chi connectivity index (χ1) is 12.2. The minimum atomic E-state index is 0.0890. The minimum Gasteiger partial charge on any atom is -0.458 e. The van der Waals surface area contributed by atoms with Gasteiger partial charge in [0, 0.05) is 16.6 Å². The molecule has 2 nitrogen and oxygen atoms in total. The number of rotatable bonds is 1. The third-order valence-corrected chi connectivity index (χ3v) is 6.37. The van der Waals surface area contributed by atoms with E-state index in [-0.39, 0.29) is 11.6 Å². The molecule has 2 aliphatic rings. The van der Waals surface area contributed by atoms with Gasteiger partial charge in [0.05, 0.1) is 11.6 Å². The smallest absolute Gasteiger partial charge is 0.134 e. The van der Waals surface area contributed by atoms with E-state index in [0.29, 0.717) is 0 Å². The molecule has 2 heteroatoms. The Balaban J connectivity index is 1.79. The Labute approximate surface area is 149 Å². The zero-order valence-electron chi connectivity index (χ0n) is 15.1. The van der Waals surface area contributed by atoms with Gasteiger partial charge in [-0.1, -0.05) is 55.7 Å². The van der Waals surface area contributed by atoms with Gasteiger partial charge in [0.25, 0.3) is 0 Å². The van der Waals surface area contributed by atoms with E-state index in [4.69, 9.17) is 4.42 Å². The van der Waals surface area contributed by atoms with Crippen LogP contribution in [0.25, 0.3) is 11.0 Å². The SMILES string of the molecule is Cc1ccccc1N1[C@@H](C)c2oc3ccccc3c2C12CCCCC2. The van der Waals surface area contributed by atoms with E-state index in [2.05, 4.69) is 67.3 Å². The number of hydrogen-bond donors (Lipinski definition) is 0. The molecule has 5 rings (SSSR count). The van der Waals surface area contributed by atoms with Crippen LogP contribution in [0.15, 0.2) is 52.9 Å². The van der Waals surface area contributed by atoms with Crippen molar-refractivity contribution < 1.29 is 4.42 Å². The van der Waals surface area contributed by atoms with Crippen LogP contribution >= 0.6 is 0 Å². The molecule has 0 unspecified atom stereocenters. The minimum absolute atomic E-state index is 0.0890. The van der Waals surface area contributed by atoms with Crippen LogP contribution in [0.4, 0.5) is 5.69 Å². The maximum atomic E-state index is 6.40. The van der Waals surface area contributed by atoms with Gasteiger partial charge in [0.1, 0.15) is 11.3 Å². The van der Waals surface area contributed by atoms with E-state index in [1.165, 1.54) is 60.1 Å². The summed E-state index contributed by atoms with van der Waals surface area (Å²) in [6.45, 7) is 4.55. The highest BCUT2D eigenvalue weighted by Crippen LogP contribution is 2.58. The summed E-state index contributed by atoms with van der Waals surface area (Å²) in [5.41, 5.74) is 5.33. The van der Waals surface area contributed by atoms with Gasteiger partial charge >= 0.3 is 0 Å². The standard InChI is InChI=1S/C23H25NO/c1-16-10-4-6-12-19(16)24-17(2)22-21(23(24)14-8-3-9-15-23)18-11-5-7-13-20(18)25-22/h4-7,10-13,17H,3,8-9,14-15H2,1-2H3/t17-/m0/s1. The second-order valence-electron chi connectivity index (χ2n) is 7.76. The Kier molecular flexibility index (Phi) is 3.25. The second kappa shape index (κ2) is 5.39. The molecule has 0 radical (unpaired) electrons. The topological polar surface area (TPSA) is 16.4 Å². The summed E-state index contributed by atoms with van der Waals surface area (Å²) in [7, 11) is 0. The van der Waals surface area contributed by atoms with Crippen LogP contribution in [-0.4, -0.2) is 0 Å². The van der Waals surface area contributed by atoms with Gasteiger partial charge in [-0.3, -0.25) is 0 Å². The molecule has 2 heterocycles. The first-order valence-electron chi connectivity index (χ1n) is 9.59. The van der Waals surface area contributed by atoms with Crippen LogP contribution in [0, 0.1) is 6.92 Å². The number of hydrogen-bond acceptors (Lipinski definition) is 2. The van der Waals surface area contributed by atoms with E-state index >= 15 is 0 Å². The van der Waals surface area contributed by atoms with Crippen LogP contribution in [0.2, 0.25) is 0 Å². The van der Waals surface area contributed by atoms with E-state index in [9.17, 15) is 0 Å². The Bertz CT molecular complexity index is 932. The number of nitrogens with zero attached hydrogens (tertiary/aromatic N) is 1. The molecule has 128 valence electrons. The first kappa shape index (κ1) is 15.1. The van der Waals surface area contributed by atoms with E-state index in [0.717, 1.165) is 5.58 Å². The lowest BCUT2D eigenvalue weighted by molar-refractivity contribution is 0.285. The van der Waals surface area contributed by atoms with Gasteiger partial charge in [-0.25, -0.2) is 0 Å². The maximum absolute atomic E-state index is 6.40. The number of fused-ring (bicyclic) bond motifs is 4. The molecule has 1 atom stereocenters. The van der Waals surface area contributed by atoms with Crippen LogP contribution in [0.5, 0.6) is 0 Å². The molecule has 1 saturated carbocycles. The fourth-order valence-corrected chi connectivity index (χ4v) is 5.35. The normalized spacial score (nSPS) is 21.8.